The van der Waals surface area contributed by atoms with Gasteiger partial charge in [-0.15, -0.1) is 0 Å². The summed E-state index contributed by atoms with van der Waals surface area (Å²) in [5.41, 5.74) is 0.516. The fourth-order valence-corrected chi connectivity index (χ4v) is 2.22. The Labute approximate surface area is 134 Å². The van der Waals surface area contributed by atoms with E-state index in [2.05, 4.69) is 9.97 Å². The van der Waals surface area contributed by atoms with E-state index >= 15 is 0 Å². The van der Waals surface area contributed by atoms with Crippen molar-refractivity contribution in [3.8, 4) is 17.1 Å². The molecule has 0 saturated heterocycles. The lowest BCUT2D eigenvalue weighted by molar-refractivity contribution is -0.384. The van der Waals surface area contributed by atoms with E-state index in [9.17, 15) is 19.7 Å². The number of fused-ring (bicyclic) bond motifs is 1. The van der Waals surface area contributed by atoms with Crippen LogP contribution in [-0.2, 0) is 4.79 Å². The minimum absolute atomic E-state index is 0.0482. The van der Waals surface area contributed by atoms with Crippen LogP contribution >= 0.6 is 0 Å². The summed E-state index contributed by atoms with van der Waals surface area (Å²) in [6, 6.07) is 10.2. The zero-order valence-electron chi connectivity index (χ0n) is 12.5. The molecular formula is C16H11N3O5. The molecule has 120 valence electrons. The van der Waals surface area contributed by atoms with Crippen LogP contribution < -0.4 is 10.3 Å². The van der Waals surface area contributed by atoms with Gasteiger partial charge in [0.15, 0.2) is 0 Å². The summed E-state index contributed by atoms with van der Waals surface area (Å²) in [5.74, 6) is 0.0641. The van der Waals surface area contributed by atoms with Crippen LogP contribution in [0.25, 0.3) is 22.3 Å². The van der Waals surface area contributed by atoms with Crippen molar-refractivity contribution in [2.24, 2.45) is 0 Å². The number of ether oxygens (including phenoxy) is 1. The zero-order valence-corrected chi connectivity index (χ0v) is 12.5. The van der Waals surface area contributed by atoms with Gasteiger partial charge in [-0.25, -0.2) is 4.98 Å². The highest BCUT2D eigenvalue weighted by atomic mass is 16.6. The van der Waals surface area contributed by atoms with Gasteiger partial charge in [0.1, 0.15) is 11.6 Å². The van der Waals surface area contributed by atoms with Gasteiger partial charge in [0.25, 0.3) is 11.2 Å². The largest absolute Gasteiger partial charge is 0.427 e. The highest BCUT2D eigenvalue weighted by molar-refractivity contribution is 5.82. The van der Waals surface area contributed by atoms with Gasteiger partial charge in [0.05, 0.1) is 15.8 Å². The van der Waals surface area contributed by atoms with Crippen molar-refractivity contribution in [1.29, 1.82) is 0 Å². The van der Waals surface area contributed by atoms with E-state index in [4.69, 9.17) is 4.74 Å². The first kappa shape index (κ1) is 15.3. The molecule has 0 radical (unpaired) electrons. The fraction of sp³-hybridized carbons (Fsp3) is 0.0625. The van der Waals surface area contributed by atoms with E-state index in [1.165, 1.54) is 43.3 Å². The van der Waals surface area contributed by atoms with Crippen LogP contribution in [0.2, 0.25) is 0 Å². The first-order valence-electron chi connectivity index (χ1n) is 6.91. The summed E-state index contributed by atoms with van der Waals surface area (Å²) in [4.78, 5) is 40.4. The molecule has 0 spiro atoms. The minimum Gasteiger partial charge on any atom is -0.427 e. The first-order valence-corrected chi connectivity index (χ1v) is 6.91. The lowest BCUT2D eigenvalue weighted by Crippen LogP contribution is -2.10. The predicted octanol–water partition coefficient (Wildman–Crippen LogP) is 2.42. The third-order valence-electron chi connectivity index (χ3n) is 3.29. The lowest BCUT2D eigenvalue weighted by atomic mass is 10.1. The number of aromatic nitrogens is 2. The van der Waals surface area contributed by atoms with Crippen LogP contribution in [0.1, 0.15) is 6.92 Å². The Bertz CT molecular complexity index is 1010. The molecule has 0 amide bonds. The van der Waals surface area contributed by atoms with E-state index in [1.54, 1.807) is 6.07 Å². The third kappa shape index (κ3) is 2.98. The molecule has 0 aliphatic rings. The number of rotatable bonds is 3. The van der Waals surface area contributed by atoms with Gasteiger partial charge in [-0.05, 0) is 30.3 Å². The number of nitro groups is 1. The molecule has 0 unspecified atom stereocenters. The molecule has 0 atom stereocenters. The van der Waals surface area contributed by atoms with Gasteiger partial charge in [0.2, 0.25) is 0 Å². The second-order valence-corrected chi connectivity index (χ2v) is 4.99. The average molecular weight is 325 g/mol. The Kier molecular flexibility index (Phi) is 3.78. The molecule has 0 bridgehead atoms. The van der Waals surface area contributed by atoms with Crippen molar-refractivity contribution < 1.29 is 14.5 Å². The SMILES string of the molecule is CC(=O)Oc1ccc2nc(-c3ccc([N+](=O)[O-])cc3)[nH]c(=O)c2c1. The number of hydrogen-bond acceptors (Lipinski definition) is 6. The van der Waals surface area contributed by atoms with Crippen molar-refractivity contribution in [3.05, 3.63) is 62.9 Å². The van der Waals surface area contributed by atoms with Gasteiger partial charge in [0, 0.05) is 24.6 Å². The first-order chi connectivity index (χ1) is 11.4. The molecule has 1 aromatic heterocycles. The molecule has 24 heavy (non-hydrogen) atoms. The van der Waals surface area contributed by atoms with Crippen LogP contribution in [0.15, 0.2) is 47.3 Å². The molecule has 0 saturated carbocycles. The maximum atomic E-state index is 12.2. The molecule has 8 heteroatoms. The van der Waals surface area contributed by atoms with E-state index in [0.29, 0.717) is 16.9 Å². The monoisotopic (exact) mass is 325 g/mol. The second-order valence-electron chi connectivity index (χ2n) is 4.99. The van der Waals surface area contributed by atoms with Crippen LogP contribution in [-0.4, -0.2) is 20.9 Å². The van der Waals surface area contributed by atoms with E-state index in [-0.39, 0.29) is 16.8 Å². The van der Waals surface area contributed by atoms with E-state index in [1.807, 2.05) is 0 Å². The van der Waals surface area contributed by atoms with Gasteiger partial charge in [-0.1, -0.05) is 0 Å². The number of nitrogens with zero attached hydrogens (tertiary/aromatic N) is 2. The fourth-order valence-electron chi connectivity index (χ4n) is 2.22. The number of carbonyl (C=O) groups is 1. The molecule has 8 nitrogen and oxygen atoms in total. The quantitative estimate of drug-likeness (QED) is 0.342. The molecule has 1 N–H and O–H groups in total. The lowest BCUT2D eigenvalue weighted by Gasteiger charge is -2.05. The summed E-state index contributed by atoms with van der Waals surface area (Å²) in [5, 5.41) is 11.0. The van der Waals surface area contributed by atoms with E-state index < -0.39 is 16.5 Å². The molecule has 3 aromatic rings. The maximum Gasteiger partial charge on any atom is 0.308 e. The Balaban J connectivity index is 2.06. The average Bonchev–Trinajstić information content (AvgIpc) is 2.55. The molecule has 0 aliphatic carbocycles. The van der Waals surface area contributed by atoms with Crippen molar-refractivity contribution in [3.63, 3.8) is 0 Å². The zero-order chi connectivity index (χ0) is 17.3. The number of benzene rings is 2. The number of aromatic amines is 1. The maximum absolute atomic E-state index is 12.2. The number of non-ortho nitro benzene ring substituents is 1. The van der Waals surface area contributed by atoms with Gasteiger partial charge < -0.3 is 9.72 Å². The molecule has 2 aromatic carbocycles. The topological polar surface area (TPSA) is 115 Å². The van der Waals surface area contributed by atoms with Crippen LogP contribution in [0, 0.1) is 10.1 Å². The van der Waals surface area contributed by atoms with Crippen molar-refractivity contribution in [2.75, 3.05) is 0 Å². The number of carbonyl (C=O) groups excluding carboxylic acids is 1. The summed E-state index contributed by atoms with van der Waals surface area (Å²) in [6.45, 7) is 1.27. The van der Waals surface area contributed by atoms with E-state index in [0.717, 1.165) is 0 Å². The van der Waals surface area contributed by atoms with Gasteiger partial charge in [-0.2, -0.15) is 0 Å². The standard InChI is InChI=1S/C16H11N3O5/c1-9(20)24-12-6-7-14-13(8-12)16(21)18-15(17-14)10-2-4-11(5-3-10)19(22)23/h2-8H,1H3,(H,17,18,21). The number of hydrogen-bond donors (Lipinski definition) is 1. The van der Waals surface area contributed by atoms with Crippen molar-refractivity contribution in [1.82, 2.24) is 9.97 Å². The van der Waals surface area contributed by atoms with Crippen LogP contribution in [0.5, 0.6) is 5.75 Å². The highest BCUT2D eigenvalue weighted by Gasteiger charge is 2.10. The Morgan fingerprint density at radius 2 is 1.92 bits per heavy atom. The third-order valence-corrected chi connectivity index (χ3v) is 3.29. The summed E-state index contributed by atoms with van der Waals surface area (Å²) in [6.07, 6.45) is 0. The number of esters is 1. The second kappa shape index (κ2) is 5.92. The van der Waals surface area contributed by atoms with Crippen molar-refractivity contribution >= 4 is 22.6 Å². The Morgan fingerprint density at radius 1 is 1.21 bits per heavy atom. The summed E-state index contributed by atoms with van der Waals surface area (Å²) < 4.78 is 4.94. The molecule has 0 aliphatic heterocycles. The minimum atomic E-state index is -0.503. The predicted molar refractivity (Wildman–Crippen MR) is 85.8 cm³/mol. The van der Waals surface area contributed by atoms with Crippen LogP contribution in [0.4, 0.5) is 5.69 Å². The van der Waals surface area contributed by atoms with Gasteiger partial charge in [-0.3, -0.25) is 19.7 Å². The number of nitrogens with one attached hydrogen (secondary N) is 1. The summed E-state index contributed by atoms with van der Waals surface area (Å²) >= 11 is 0. The molecule has 0 fully saturated rings. The smallest absolute Gasteiger partial charge is 0.308 e. The normalized spacial score (nSPS) is 10.5. The number of nitro benzene ring substituents is 1. The van der Waals surface area contributed by atoms with Gasteiger partial charge >= 0.3 is 5.97 Å². The highest BCUT2D eigenvalue weighted by Crippen LogP contribution is 2.22. The van der Waals surface area contributed by atoms with Crippen molar-refractivity contribution in [2.45, 2.75) is 6.92 Å². The summed E-state index contributed by atoms with van der Waals surface area (Å²) in [7, 11) is 0. The Hall–Kier alpha value is -3.55. The molecular weight excluding hydrogens is 314 g/mol. The number of H-pyrrole nitrogens is 1. The molecule has 1 heterocycles. The molecule has 3 rings (SSSR count). The van der Waals surface area contributed by atoms with Crippen LogP contribution in [0.3, 0.4) is 0 Å². The Morgan fingerprint density at radius 3 is 2.54 bits per heavy atom.